The molecule has 4 heterocycles. The minimum Gasteiger partial charge on any atom is -0.477 e. The second-order valence-electron chi connectivity index (χ2n) is 8.04. The number of tetrazole rings is 1. The molecule has 0 saturated carbocycles. The van der Waals surface area contributed by atoms with Crippen LogP contribution in [0.3, 0.4) is 0 Å². The number of β-lactam (4-membered cyclic amide) rings is 1. The normalized spacial score (nSPS) is 18.6. The average molecular weight is 637 g/mol. The van der Waals surface area contributed by atoms with Gasteiger partial charge >= 0.3 is 11.9 Å². The molecule has 2 aromatic rings. The first kappa shape index (κ1) is 30.3. The second-order valence-corrected chi connectivity index (χ2v) is 11.0. The number of hydrogen-bond acceptors (Lipinski definition) is 16. The summed E-state index contributed by atoms with van der Waals surface area (Å²) in [5, 5.41) is 41.2. The minimum absolute atomic E-state index is 0.0704. The largest absolute Gasteiger partial charge is 0.477 e. The number of rotatable bonds is 13. The Kier molecular flexibility index (Phi) is 9.60. The Morgan fingerprint density at radius 2 is 2.14 bits per heavy atom. The fourth-order valence-electron chi connectivity index (χ4n) is 3.68. The summed E-state index contributed by atoms with van der Waals surface area (Å²) in [6.45, 7) is -0.523. The summed E-state index contributed by atoms with van der Waals surface area (Å²) in [4.78, 5) is 64.3. The van der Waals surface area contributed by atoms with Gasteiger partial charge in [0.25, 0.3) is 11.8 Å². The molecule has 0 aromatic carbocycles. The fourth-order valence-corrected chi connectivity index (χ4v) is 6.59. The number of anilines is 1. The molecule has 0 aliphatic carbocycles. The van der Waals surface area contributed by atoms with Crippen molar-refractivity contribution in [3.05, 3.63) is 22.3 Å². The number of thioether (sulfide) groups is 2. The molecule has 220 valence electrons. The summed E-state index contributed by atoms with van der Waals surface area (Å²) in [7, 11) is 1.19. The van der Waals surface area contributed by atoms with Gasteiger partial charge in [-0.05, 0) is 16.0 Å². The molecule has 42 heavy (non-hydrogen) atoms. The maximum Gasteiger partial charge on any atom is 0.355 e. The molecule has 2 aliphatic heterocycles. The molecule has 2 aromatic heterocycles. The first-order valence-electron chi connectivity index (χ1n) is 11.4. The standard InChI is InChI=1S/C21H20N10O8S3/c1-3-4-39-27-12(11-8-41-20(22)23-11)15(32)24-13-16(33)31-14(19(36)37)9(6-40-17(13)31)7-42-21-25-28-29-30(21)5-10(18(34)35)26-38-2/h1,8,13,17H,4-7H2,2H3,(H2,22,23)(H,24,32)(H,34,35)(H,36,37)/t13?,17-/m1/s1. The van der Waals surface area contributed by atoms with Crippen LogP contribution < -0.4 is 11.1 Å². The summed E-state index contributed by atoms with van der Waals surface area (Å²) in [5.41, 5.74) is 5.33. The molecule has 1 fully saturated rings. The molecular weight excluding hydrogens is 616 g/mol. The summed E-state index contributed by atoms with van der Waals surface area (Å²) in [6.07, 6.45) is 5.16. The molecule has 21 heteroatoms. The van der Waals surface area contributed by atoms with Crippen LogP contribution in [0.2, 0.25) is 0 Å². The van der Waals surface area contributed by atoms with Crippen LogP contribution in [0, 0.1) is 12.3 Å². The Morgan fingerprint density at radius 3 is 2.79 bits per heavy atom. The lowest BCUT2D eigenvalue weighted by Crippen LogP contribution is -2.71. The molecular formula is C21H20N10O8S3. The summed E-state index contributed by atoms with van der Waals surface area (Å²) < 4.78 is 1.17. The van der Waals surface area contributed by atoms with Crippen LogP contribution in [-0.2, 0) is 35.4 Å². The number of aromatic nitrogens is 5. The van der Waals surface area contributed by atoms with Crippen LogP contribution >= 0.6 is 34.9 Å². The van der Waals surface area contributed by atoms with Crippen molar-refractivity contribution in [1.82, 2.24) is 35.4 Å². The Bertz CT molecular complexity index is 1540. The van der Waals surface area contributed by atoms with Crippen molar-refractivity contribution in [2.45, 2.75) is 23.1 Å². The highest BCUT2D eigenvalue weighted by molar-refractivity contribution is 8.01. The third kappa shape index (κ3) is 6.45. The highest BCUT2D eigenvalue weighted by atomic mass is 32.2. The van der Waals surface area contributed by atoms with Gasteiger partial charge in [0.2, 0.25) is 5.16 Å². The number of oxime groups is 2. The number of nitrogens with zero attached hydrogens (tertiary/aromatic N) is 8. The van der Waals surface area contributed by atoms with Crippen molar-refractivity contribution >= 4 is 75.2 Å². The van der Waals surface area contributed by atoms with Crippen LogP contribution in [0.5, 0.6) is 0 Å². The molecule has 18 nitrogen and oxygen atoms in total. The van der Waals surface area contributed by atoms with E-state index in [0.29, 0.717) is 5.57 Å². The van der Waals surface area contributed by atoms with Gasteiger partial charge in [0.1, 0.15) is 29.9 Å². The lowest BCUT2D eigenvalue weighted by Gasteiger charge is -2.49. The monoisotopic (exact) mass is 636 g/mol. The predicted molar refractivity (Wildman–Crippen MR) is 148 cm³/mol. The minimum atomic E-state index is -1.34. The smallest absolute Gasteiger partial charge is 0.355 e. The van der Waals surface area contributed by atoms with E-state index in [4.69, 9.17) is 17.0 Å². The molecule has 2 amide bonds. The third-order valence-corrected chi connectivity index (χ3v) is 8.50. The van der Waals surface area contributed by atoms with E-state index in [-0.39, 0.29) is 57.8 Å². The quantitative estimate of drug-likeness (QED) is 0.0497. The topological polar surface area (TPSA) is 250 Å². The average Bonchev–Trinajstić information content (AvgIpc) is 3.60. The van der Waals surface area contributed by atoms with E-state index in [1.165, 1.54) is 28.9 Å². The van der Waals surface area contributed by atoms with E-state index >= 15 is 0 Å². The van der Waals surface area contributed by atoms with Crippen molar-refractivity contribution in [3.8, 4) is 12.3 Å². The Morgan fingerprint density at radius 1 is 1.36 bits per heavy atom. The zero-order valence-corrected chi connectivity index (χ0v) is 23.8. The molecule has 5 N–H and O–H groups in total. The van der Waals surface area contributed by atoms with Crippen LogP contribution in [0.25, 0.3) is 0 Å². The van der Waals surface area contributed by atoms with Crippen LogP contribution in [0.15, 0.2) is 32.1 Å². The maximum absolute atomic E-state index is 13.1. The Hall–Kier alpha value is -4.68. The highest BCUT2D eigenvalue weighted by Gasteiger charge is 2.54. The van der Waals surface area contributed by atoms with Crippen molar-refractivity contribution in [2.24, 2.45) is 10.3 Å². The summed E-state index contributed by atoms with van der Waals surface area (Å²) in [6, 6.07) is -1.05. The van der Waals surface area contributed by atoms with Crippen molar-refractivity contribution in [3.63, 3.8) is 0 Å². The number of fused-ring (bicyclic) bond motifs is 1. The van der Waals surface area contributed by atoms with Crippen LogP contribution in [-0.4, -0.2) is 112 Å². The zero-order valence-electron chi connectivity index (χ0n) is 21.4. The Balaban J connectivity index is 1.48. The van der Waals surface area contributed by atoms with Crippen molar-refractivity contribution in [2.75, 3.05) is 31.0 Å². The molecule has 0 bridgehead atoms. The number of carboxylic acids is 2. The van der Waals surface area contributed by atoms with E-state index in [1.807, 2.05) is 0 Å². The number of aliphatic carboxylic acids is 2. The number of thiazole rings is 1. The van der Waals surface area contributed by atoms with E-state index in [9.17, 15) is 29.4 Å². The van der Waals surface area contributed by atoms with E-state index in [0.717, 1.165) is 28.0 Å². The van der Waals surface area contributed by atoms with Crippen LogP contribution in [0.1, 0.15) is 5.69 Å². The van der Waals surface area contributed by atoms with Gasteiger partial charge < -0.3 is 30.9 Å². The predicted octanol–water partition coefficient (Wildman–Crippen LogP) is -1.32. The lowest BCUT2D eigenvalue weighted by molar-refractivity contribution is -0.150. The molecule has 4 rings (SSSR count). The number of hydrogen-bond donors (Lipinski definition) is 4. The van der Waals surface area contributed by atoms with Gasteiger partial charge in [-0.2, -0.15) is 0 Å². The highest BCUT2D eigenvalue weighted by Crippen LogP contribution is 2.41. The molecule has 1 saturated heterocycles. The van der Waals surface area contributed by atoms with Gasteiger partial charge in [-0.25, -0.2) is 19.3 Å². The number of nitrogens with one attached hydrogen (secondary N) is 1. The van der Waals surface area contributed by atoms with Gasteiger partial charge in [0.15, 0.2) is 23.2 Å². The van der Waals surface area contributed by atoms with E-state index < -0.39 is 35.2 Å². The van der Waals surface area contributed by atoms with Gasteiger partial charge in [-0.1, -0.05) is 28.0 Å². The molecule has 1 unspecified atom stereocenters. The number of carbonyl (C=O) groups is 4. The van der Waals surface area contributed by atoms with Crippen molar-refractivity contribution < 1.29 is 39.1 Å². The van der Waals surface area contributed by atoms with Gasteiger partial charge in [-0.3, -0.25) is 14.5 Å². The molecule has 2 atom stereocenters. The fraction of sp³-hybridized carbons (Fsp3) is 0.333. The summed E-state index contributed by atoms with van der Waals surface area (Å²) in [5.74, 6) is -1.62. The number of amides is 2. The lowest BCUT2D eigenvalue weighted by atomic mass is 10.0. The SMILES string of the molecule is C#CCON=C(C(=O)NC1C(=O)N2C(C(=O)O)=C(CSc3nnnn3CC(=NOC)C(=O)O)CS[C@H]12)c1csc(N)n1. The van der Waals surface area contributed by atoms with Crippen LogP contribution in [0.4, 0.5) is 5.13 Å². The zero-order chi connectivity index (χ0) is 30.4. The van der Waals surface area contributed by atoms with Gasteiger partial charge in [-0.15, -0.1) is 34.6 Å². The van der Waals surface area contributed by atoms with E-state index in [2.05, 4.69) is 46.9 Å². The Labute approximate surface area is 248 Å². The number of terminal acetylenes is 1. The number of carboxylic acid groups (broad SMARTS) is 2. The third-order valence-electron chi connectivity index (χ3n) is 5.44. The second kappa shape index (κ2) is 13.3. The molecule has 0 spiro atoms. The summed E-state index contributed by atoms with van der Waals surface area (Å²) >= 11 is 3.35. The van der Waals surface area contributed by atoms with Gasteiger partial charge in [0, 0.05) is 16.9 Å². The van der Waals surface area contributed by atoms with E-state index in [1.54, 1.807) is 0 Å². The molecule has 2 aliphatic rings. The number of nitrogen functional groups attached to an aromatic ring is 1. The van der Waals surface area contributed by atoms with Gasteiger partial charge in [0.05, 0.1) is 6.54 Å². The first-order chi connectivity index (χ1) is 20.2. The first-order valence-corrected chi connectivity index (χ1v) is 14.4. The number of carbonyl (C=O) groups excluding carboxylic acids is 2. The molecule has 0 radical (unpaired) electrons. The van der Waals surface area contributed by atoms with Crippen molar-refractivity contribution in [1.29, 1.82) is 0 Å². The maximum atomic E-state index is 13.1. The number of nitrogens with two attached hydrogens (primary N) is 1.